The molecular formula is C23H29N5O3S. The molecule has 1 aliphatic heterocycles. The summed E-state index contributed by atoms with van der Waals surface area (Å²) in [6.45, 7) is 8.56. The lowest BCUT2D eigenvalue weighted by Crippen LogP contribution is -2.43. The van der Waals surface area contributed by atoms with Crippen LogP contribution in [0.4, 0.5) is 0 Å². The number of hydrogen-bond donors (Lipinski definition) is 1. The minimum Gasteiger partial charge on any atom is -0.349 e. The Balaban J connectivity index is 1.41. The summed E-state index contributed by atoms with van der Waals surface area (Å²) >= 11 is 0. The Morgan fingerprint density at radius 3 is 2.38 bits per heavy atom. The van der Waals surface area contributed by atoms with E-state index in [1.807, 2.05) is 62.6 Å². The molecule has 3 aromatic rings. The van der Waals surface area contributed by atoms with E-state index in [1.54, 1.807) is 0 Å². The molecule has 3 heterocycles. The number of amides is 1. The van der Waals surface area contributed by atoms with Crippen molar-refractivity contribution in [3.8, 4) is 0 Å². The van der Waals surface area contributed by atoms with E-state index in [2.05, 4.69) is 15.5 Å². The zero-order chi connectivity index (χ0) is 23.0. The van der Waals surface area contributed by atoms with Crippen LogP contribution in [0.1, 0.15) is 40.9 Å². The van der Waals surface area contributed by atoms with Crippen LogP contribution in [0.3, 0.4) is 0 Å². The summed E-state index contributed by atoms with van der Waals surface area (Å²) in [5, 5.41) is 11.2. The molecule has 1 aliphatic rings. The molecule has 2 aromatic heterocycles. The van der Waals surface area contributed by atoms with E-state index in [4.69, 9.17) is 0 Å². The van der Waals surface area contributed by atoms with Crippen LogP contribution in [0.15, 0.2) is 35.4 Å². The molecule has 1 aromatic carbocycles. The van der Waals surface area contributed by atoms with Crippen molar-refractivity contribution in [2.45, 2.75) is 52.0 Å². The number of carbonyl (C=O) groups is 1. The molecule has 0 radical (unpaired) electrons. The standard InChI is InChI=1S/C23H29N5O3S/c1-15-13-16(2)18(4)22(17(15)3)32(30,31)27-11-8-19(9-12-27)23(29)24-14-21-26-25-20-7-5-6-10-28(20)21/h5-7,10,13,19H,8-9,11-12,14H2,1-4H3,(H,24,29). The van der Waals surface area contributed by atoms with Gasteiger partial charge in [-0.05, 0) is 74.9 Å². The first-order valence-electron chi connectivity index (χ1n) is 10.8. The van der Waals surface area contributed by atoms with Gasteiger partial charge in [-0.15, -0.1) is 10.2 Å². The maximum Gasteiger partial charge on any atom is 0.243 e. The van der Waals surface area contributed by atoms with Crippen LogP contribution < -0.4 is 5.32 Å². The fourth-order valence-electron chi connectivity index (χ4n) is 4.38. The fraction of sp³-hybridized carbons (Fsp3) is 0.435. The van der Waals surface area contributed by atoms with Crippen LogP contribution in [-0.2, 0) is 21.4 Å². The maximum atomic E-state index is 13.4. The molecule has 0 unspecified atom stereocenters. The van der Waals surface area contributed by atoms with E-state index in [0.29, 0.717) is 36.7 Å². The van der Waals surface area contributed by atoms with E-state index >= 15 is 0 Å². The Kier molecular flexibility index (Phi) is 6.05. The average Bonchev–Trinajstić information content (AvgIpc) is 3.19. The van der Waals surface area contributed by atoms with Crippen molar-refractivity contribution in [3.05, 3.63) is 58.5 Å². The van der Waals surface area contributed by atoms with Gasteiger partial charge in [-0.1, -0.05) is 12.1 Å². The van der Waals surface area contributed by atoms with Crippen molar-refractivity contribution in [2.24, 2.45) is 5.92 Å². The number of pyridine rings is 1. The number of benzene rings is 1. The van der Waals surface area contributed by atoms with Gasteiger partial charge in [0.15, 0.2) is 11.5 Å². The van der Waals surface area contributed by atoms with E-state index in [9.17, 15) is 13.2 Å². The lowest BCUT2D eigenvalue weighted by Gasteiger charge is -2.31. The van der Waals surface area contributed by atoms with Crippen LogP contribution >= 0.6 is 0 Å². The predicted octanol–water partition coefficient (Wildman–Crippen LogP) is 2.68. The Hall–Kier alpha value is -2.78. The van der Waals surface area contributed by atoms with Gasteiger partial charge in [-0.3, -0.25) is 9.20 Å². The Labute approximate surface area is 188 Å². The summed E-state index contributed by atoms with van der Waals surface area (Å²) in [6.07, 6.45) is 2.85. The van der Waals surface area contributed by atoms with Crippen molar-refractivity contribution in [1.82, 2.24) is 24.2 Å². The summed E-state index contributed by atoms with van der Waals surface area (Å²) in [7, 11) is -3.61. The third-order valence-electron chi connectivity index (χ3n) is 6.52. The molecule has 0 spiro atoms. The highest BCUT2D eigenvalue weighted by Crippen LogP contribution is 2.31. The number of aryl methyl sites for hydroxylation is 2. The van der Waals surface area contributed by atoms with Crippen LogP contribution in [0.25, 0.3) is 5.65 Å². The summed E-state index contributed by atoms with van der Waals surface area (Å²) < 4.78 is 30.2. The lowest BCUT2D eigenvalue weighted by atomic mass is 9.97. The van der Waals surface area contributed by atoms with Crippen molar-refractivity contribution in [1.29, 1.82) is 0 Å². The number of carbonyl (C=O) groups excluding carboxylic acids is 1. The van der Waals surface area contributed by atoms with Crippen molar-refractivity contribution >= 4 is 21.6 Å². The molecule has 32 heavy (non-hydrogen) atoms. The summed E-state index contributed by atoms with van der Waals surface area (Å²) in [4.78, 5) is 13.1. The topological polar surface area (TPSA) is 96.7 Å². The average molecular weight is 456 g/mol. The van der Waals surface area contributed by atoms with Gasteiger partial charge in [0, 0.05) is 25.2 Å². The van der Waals surface area contributed by atoms with Crippen LogP contribution in [0.2, 0.25) is 0 Å². The molecule has 8 nitrogen and oxygen atoms in total. The Morgan fingerprint density at radius 1 is 1.06 bits per heavy atom. The SMILES string of the molecule is Cc1cc(C)c(C)c(S(=O)(=O)N2CCC(C(=O)NCc3nnc4ccccn34)CC2)c1C. The third kappa shape index (κ3) is 4.02. The first-order chi connectivity index (χ1) is 15.2. The van der Waals surface area contributed by atoms with Crippen LogP contribution in [0.5, 0.6) is 0 Å². The lowest BCUT2D eigenvalue weighted by molar-refractivity contribution is -0.126. The number of hydrogen-bond acceptors (Lipinski definition) is 5. The molecule has 1 fully saturated rings. The van der Waals surface area contributed by atoms with Crippen molar-refractivity contribution in [3.63, 3.8) is 0 Å². The number of nitrogens with zero attached hydrogens (tertiary/aromatic N) is 4. The second-order valence-corrected chi connectivity index (χ2v) is 10.4. The first-order valence-corrected chi connectivity index (χ1v) is 12.3. The zero-order valence-electron chi connectivity index (χ0n) is 18.9. The molecular weight excluding hydrogens is 426 g/mol. The number of aromatic nitrogens is 3. The second-order valence-electron chi connectivity index (χ2n) is 8.53. The maximum absolute atomic E-state index is 13.4. The van der Waals surface area contributed by atoms with Gasteiger partial charge in [-0.2, -0.15) is 4.31 Å². The molecule has 0 aliphatic carbocycles. The number of fused-ring (bicyclic) bond motifs is 1. The van der Waals surface area contributed by atoms with Crippen LogP contribution in [0, 0.1) is 33.6 Å². The Bertz CT molecular complexity index is 1250. The molecule has 0 bridgehead atoms. The quantitative estimate of drug-likeness (QED) is 0.638. The fourth-order valence-corrected chi connectivity index (χ4v) is 6.42. The summed E-state index contributed by atoms with van der Waals surface area (Å²) in [5.74, 6) is 0.366. The number of piperidine rings is 1. The van der Waals surface area contributed by atoms with E-state index in [1.165, 1.54) is 4.31 Å². The normalized spacial score (nSPS) is 15.9. The van der Waals surface area contributed by atoms with Gasteiger partial charge in [0.05, 0.1) is 11.4 Å². The molecule has 170 valence electrons. The molecule has 0 atom stereocenters. The highest BCUT2D eigenvalue weighted by atomic mass is 32.2. The van der Waals surface area contributed by atoms with Gasteiger partial charge in [0.2, 0.25) is 15.9 Å². The summed E-state index contributed by atoms with van der Waals surface area (Å²) in [6, 6.07) is 7.65. The minimum atomic E-state index is -3.61. The van der Waals surface area contributed by atoms with Crippen LogP contribution in [-0.4, -0.2) is 46.3 Å². The predicted molar refractivity (Wildman–Crippen MR) is 122 cm³/mol. The first kappa shape index (κ1) is 22.4. The van der Waals surface area contributed by atoms with E-state index in [0.717, 1.165) is 27.9 Å². The van der Waals surface area contributed by atoms with E-state index < -0.39 is 10.0 Å². The van der Waals surface area contributed by atoms with Gasteiger partial charge >= 0.3 is 0 Å². The van der Waals surface area contributed by atoms with Gasteiger partial charge in [-0.25, -0.2) is 8.42 Å². The second kappa shape index (κ2) is 8.63. The summed E-state index contributed by atoms with van der Waals surface area (Å²) in [5.41, 5.74) is 4.28. The molecule has 1 N–H and O–H groups in total. The molecule has 1 saturated heterocycles. The number of rotatable bonds is 5. The number of sulfonamides is 1. The van der Waals surface area contributed by atoms with Gasteiger partial charge in [0.1, 0.15) is 0 Å². The monoisotopic (exact) mass is 455 g/mol. The van der Waals surface area contributed by atoms with Gasteiger partial charge < -0.3 is 5.32 Å². The highest BCUT2D eigenvalue weighted by Gasteiger charge is 2.34. The highest BCUT2D eigenvalue weighted by molar-refractivity contribution is 7.89. The van der Waals surface area contributed by atoms with E-state index in [-0.39, 0.29) is 18.4 Å². The van der Waals surface area contributed by atoms with Gasteiger partial charge in [0.25, 0.3) is 0 Å². The number of nitrogens with one attached hydrogen (secondary N) is 1. The van der Waals surface area contributed by atoms with Crippen molar-refractivity contribution < 1.29 is 13.2 Å². The zero-order valence-corrected chi connectivity index (χ0v) is 19.7. The largest absolute Gasteiger partial charge is 0.349 e. The van der Waals surface area contributed by atoms with Crippen molar-refractivity contribution in [2.75, 3.05) is 13.1 Å². The smallest absolute Gasteiger partial charge is 0.243 e. The molecule has 4 rings (SSSR count). The minimum absolute atomic E-state index is 0.0755. The Morgan fingerprint density at radius 2 is 1.72 bits per heavy atom. The molecule has 1 amide bonds. The molecule has 9 heteroatoms. The molecule has 0 saturated carbocycles. The third-order valence-corrected chi connectivity index (χ3v) is 8.70.